The van der Waals surface area contributed by atoms with Crippen molar-refractivity contribution in [3.05, 3.63) is 47.5 Å². The molecule has 0 atom stereocenters. The number of hydrogen-bond acceptors (Lipinski definition) is 5. The predicted octanol–water partition coefficient (Wildman–Crippen LogP) is 3.55. The maximum atomic E-state index is 5.49. The molecule has 0 aliphatic rings. The Labute approximate surface area is 190 Å². The van der Waals surface area contributed by atoms with Gasteiger partial charge in [-0.3, -0.25) is 4.99 Å². The Morgan fingerprint density at radius 1 is 0.862 bits per heavy atom. The van der Waals surface area contributed by atoms with Crippen LogP contribution in [0.3, 0.4) is 0 Å². The number of guanidine groups is 1. The number of benzene rings is 2. The van der Waals surface area contributed by atoms with Crippen molar-refractivity contribution < 1.29 is 18.9 Å². The summed E-state index contributed by atoms with van der Waals surface area (Å²) < 4.78 is 21.5. The van der Waals surface area contributed by atoms with E-state index < -0.39 is 0 Å². The molecule has 0 amide bonds. The number of rotatable bonds is 8. The van der Waals surface area contributed by atoms with E-state index in [1.54, 1.807) is 35.5 Å². The van der Waals surface area contributed by atoms with Crippen LogP contribution in [0.15, 0.2) is 41.4 Å². The molecule has 0 aromatic heterocycles. The average Bonchev–Trinajstić information content (AvgIpc) is 2.74. The summed E-state index contributed by atoms with van der Waals surface area (Å²) in [5, 5.41) is 3.37. The number of nitrogens with one attached hydrogen (secondary N) is 1. The van der Waals surface area contributed by atoms with E-state index in [0.29, 0.717) is 13.1 Å². The molecule has 0 saturated carbocycles. The van der Waals surface area contributed by atoms with E-state index in [4.69, 9.17) is 18.9 Å². The van der Waals surface area contributed by atoms with Gasteiger partial charge in [0.1, 0.15) is 23.0 Å². The van der Waals surface area contributed by atoms with Crippen LogP contribution in [0, 0.1) is 0 Å². The van der Waals surface area contributed by atoms with Crippen LogP contribution in [0.5, 0.6) is 23.0 Å². The maximum absolute atomic E-state index is 5.49. The van der Waals surface area contributed by atoms with Crippen LogP contribution >= 0.6 is 24.0 Å². The molecule has 7 nitrogen and oxygen atoms in total. The molecule has 0 bridgehead atoms. The van der Waals surface area contributed by atoms with Crippen LogP contribution in [-0.2, 0) is 13.1 Å². The number of aliphatic imine (C=N–C) groups is 1. The number of hydrogen-bond donors (Lipinski definition) is 1. The highest BCUT2D eigenvalue weighted by Gasteiger charge is 2.12. The summed E-state index contributed by atoms with van der Waals surface area (Å²) in [6.45, 7) is 1.20. The van der Waals surface area contributed by atoms with Crippen LogP contribution < -0.4 is 24.3 Å². The molecule has 0 aliphatic carbocycles. The van der Waals surface area contributed by atoms with Crippen molar-refractivity contribution in [2.24, 2.45) is 4.99 Å². The molecular weight excluding hydrogens is 485 g/mol. The minimum atomic E-state index is 0. The van der Waals surface area contributed by atoms with Crippen molar-refractivity contribution in [3.8, 4) is 23.0 Å². The molecule has 29 heavy (non-hydrogen) atoms. The second kappa shape index (κ2) is 12.3. The number of ether oxygens (including phenoxy) is 4. The zero-order chi connectivity index (χ0) is 20.5. The third-order valence-electron chi connectivity index (χ3n) is 4.41. The number of nitrogens with zero attached hydrogens (tertiary/aromatic N) is 2. The Morgan fingerprint density at radius 3 is 1.86 bits per heavy atom. The molecule has 2 aromatic rings. The first-order valence-corrected chi connectivity index (χ1v) is 8.89. The first-order chi connectivity index (χ1) is 13.6. The maximum Gasteiger partial charge on any atom is 0.193 e. The van der Waals surface area contributed by atoms with Gasteiger partial charge in [-0.05, 0) is 24.3 Å². The zero-order valence-electron chi connectivity index (χ0n) is 17.8. The summed E-state index contributed by atoms with van der Waals surface area (Å²) in [7, 11) is 10.3. The van der Waals surface area contributed by atoms with E-state index in [-0.39, 0.29) is 24.0 Å². The number of methoxy groups -OCH3 is 4. The first-order valence-electron chi connectivity index (χ1n) is 8.89. The Bertz CT molecular complexity index is 815. The Balaban J connectivity index is 0.00000420. The van der Waals surface area contributed by atoms with Gasteiger partial charge in [-0.1, -0.05) is 0 Å². The highest BCUT2D eigenvalue weighted by molar-refractivity contribution is 14.0. The highest BCUT2D eigenvalue weighted by atomic mass is 127. The summed E-state index contributed by atoms with van der Waals surface area (Å²) >= 11 is 0. The quantitative estimate of drug-likeness (QED) is 0.330. The van der Waals surface area contributed by atoms with E-state index in [1.165, 1.54) is 0 Å². The van der Waals surface area contributed by atoms with Gasteiger partial charge >= 0.3 is 0 Å². The normalized spacial score (nSPS) is 10.6. The lowest BCUT2D eigenvalue weighted by atomic mass is 10.1. The van der Waals surface area contributed by atoms with Crippen molar-refractivity contribution in [2.45, 2.75) is 13.1 Å². The van der Waals surface area contributed by atoms with Crippen LogP contribution in [0.25, 0.3) is 0 Å². The molecule has 0 fully saturated rings. The average molecular weight is 515 g/mol. The molecule has 160 valence electrons. The van der Waals surface area contributed by atoms with Crippen LogP contribution in [0.2, 0.25) is 0 Å². The minimum Gasteiger partial charge on any atom is -0.497 e. The molecule has 2 rings (SSSR count). The summed E-state index contributed by atoms with van der Waals surface area (Å²) in [5.41, 5.74) is 2.05. The van der Waals surface area contributed by atoms with Crippen LogP contribution in [0.4, 0.5) is 0 Å². The van der Waals surface area contributed by atoms with Crippen LogP contribution in [0.1, 0.15) is 11.1 Å². The lowest BCUT2D eigenvalue weighted by molar-refractivity contribution is 0.382. The molecule has 0 unspecified atom stereocenters. The molecule has 8 heteroatoms. The minimum absolute atomic E-state index is 0. The molecule has 0 radical (unpaired) electrons. The predicted molar refractivity (Wildman–Crippen MR) is 126 cm³/mol. The molecule has 1 N–H and O–H groups in total. The van der Waals surface area contributed by atoms with Gasteiger partial charge in [0.25, 0.3) is 0 Å². The van der Waals surface area contributed by atoms with Crippen molar-refractivity contribution in [1.82, 2.24) is 10.2 Å². The van der Waals surface area contributed by atoms with Gasteiger partial charge in [-0.15, -0.1) is 24.0 Å². The molecule has 0 saturated heterocycles. The fraction of sp³-hybridized carbons (Fsp3) is 0.381. The molecule has 2 aromatic carbocycles. The lowest BCUT2D eigenvalue weighted by Gasteiger charge is -2.23. The fourth-order valence-corrected chi connectivity index (χ4v) is 2.87. The molecule has 0 aliphatic heterocycles. The van der Waals surface area contributed by atoms with E-state index in [2.05, 4.69) is 10.3 Å². The summed E-state index contributed by atoms with van der Waals surface area (Å²) in [6, 6.07) is 11.5. The van der Waals surface area contributed by atoms with Crippen LogP contribution in [-0.4, -0.2) is 53.4 Å². The van der Waals surface area contributed by atoms with Gasteiger partial charge in [0.2, 0.25) is 0 Å². The van der Waals surface area contributed by atoms with Gasteiger partial charge < -0.3 is 29.2 Å². The van der Waals surface area contributed by atoms with Crippen molar-refractivity contribution >= 4 is 29.9 Å². The van der Waals surface area contributed by atoms with Gasteiger partial charge in [0.15, 0.2) is 5.96 Å². The van der Waals surface area contributed by atoms with Gasteiger partial charge in [0.05, 0.1) is 28.4 Å². The SMILES string of the molecule is CN=C(NCc1ccc(OC)cc1OC)N(C)Cc1ccc(OC)cc1OC.I. The highest BCUT2D eigenvalue weighted by Crippen LogP contribution is 2.26. The van der Waals surface area contributed by atoms with Gasteiger partial charge in [-0.25, -0.2) is 0 Å². The van der Waals surface area contributed by atoms with Crippen molar-refractivity contribution in [3.63, 3.8) is 0 Å². The third-order valence-corrected chi connectivity index (χ3v) is 4.41. The molecule has 0 spiro atoms. The summed E-state index contributed by atoms with van der Waals surface area (Å²) in [5.74, 6) is 3.82. The second-order valence-corrected chi connectivity index (χ2v) is 6.11. The Morgan fingerprint density at radius 2 is 1.38 bits per heavy atom. The largest absolute Gasteiger partial charge is 0.497 e. The fourth-order valence-electron chi connectivity index (χ4n) is 2.87. The molecular formula is C21H30IN3O4. The second-order valence-electron chi connectivity index (χ2n) is 6.11. The standard InChI is InChI=1S/C21H29N3O4.HI/c1-22-21(23-13-15-7-9-17(25-3)11-19(15)27-5)24(2)14-16-8-10-18(26-4)12-20(16)28-6;/h7-12H,13-14H2,1-6H3,(H,22,23);1H. The lowest BCUT2D eigenvalue weighted by Crippen LogP contribution is -2.38. The monoisotopic (exact) mass is 515 g/mol. The Kier molecular flexibility index (Phi) is 10.4. The molecule has 0 heterocycles. The zero-order valence-corrected chi connectivity index (χ0v) is 20.1. The number of halogens is 1. The van der Waals surface area contributed by atoms with Crippen molar-refractivity contribution in [2.75, 3.05) is 42.5 Å². The third kappa shape index (κ3) is 6.59. The van der Waals surface area contributed by atoms with Gasteiger partial charge in [0, 0.05) is 50.4 Å². The Hall–Kier alpha value is -2.36. The first kappa shape index (κ1) is 24.7. The summed E-state index contributed by atoms with van der Waals surface area (Å²) in [4.78, 5) is 6.41. The van der Waals surface area contributed by atoms with E-state index >= 15 is 0 Å². The van der Waals surface area contributed by atoms with E-state index in [9.17, 15) is 0 Å². The topological polar surface area (TPSA) is 64.6 Å². The van der Waals surface area contributed by atoms with E-state index in [1.807, 2.05) is 48.3 Å². The van der Waals surface area contributed by atoms with Gasteiger partial charge in [-0.2, -0.15) is 0 Å². The smallest absolute Gasteiger partial charge is 0.193 e. The summed E-state index contributed by atoms with van der Waals surface area (Å²) in [6.07, 6.45) is 0. The van der Waals surface area contributed by atoms with E-state index in [0.717, 1.165) is 40.1 Å². The van der Waals surface area contributed by atoms with Crippen molar-refractivity contribution in [1.29, 1.82) is 0 Å².